The lowest BCUT2D eigenvalue weighted by Gasteiger charge is -2.07. The summed E-state index contributed by atoms with van der Waals surface area (Å²) in [5.74, 6) is 5.77. The highest BCUT2D eigenvalue weighted by molar-refractivity contribution is 5.34. The number of hydrogen-bond donors (Lipinski definition) is 1. The molecule has 1 rings (SSSR count). The van der Waals surface area contributed by atoms with Crippen LogP contribution in [0.5, 0.6) is 0 Å². The molecule has 0 saturated heterocycles. The van der Waals surface area contributed by atoms with Gasteiger partial charge in [0, 0.05) is 5.57 Å². The molecule has 1 N–H and O–H groups in total. The van der Waals surface area contributed by atoms with E-state index in [2.05, 4.69) is 30.1 Å². The largest absolute Gasteiger partial charge is 0.378 e. The van der Waals surface area contributed by atoms with Crippen molar-refractivity contribution >= 4 is 0 Å². The van der Waals surface area contributed by atoms with Crippen LogP contribution >= 0.6 is 0 Å². The van der Waals surface area contributed by atoms with Crippen LogP contribution in [0, 0.1) is 11.8 Å². The highest BCUT2D eigenvalue weighted by atomic mass is 16.3. The first kappa shape index (κ1) is 9.09. The quantitative estimate of drug-likeness (QED) is 0.427. The smallest absolute Gasteiger partial charge is 0.120 e. The van der Waals surface area contributed by atoms with Gasteiger partial charge in [0.25, 0.3) is 0 Å². The van der Waals surface area contributed by atoms with Gasteiger partial charge in [0.1, 0.15) is 5.60 Å². The monoisotopic (exact) mass is 162 g/mol. The maximum Gasteiger partial charge on any atom is 0.120 e. The van der Waals surface area contributed by atoms with Gasteiger partial charge in [0.2, 0.25) is 0 Å². The molecule has 0 fully saturated rings. The van der Waals surface area contributed by atoms with Gasteiger partial charge in [-0.25, -0.2) is 0 Å². The van der Waals surface area contributed by atoms with Gasteiger partial charge in [-0.2, -0.15) is 0 Å². The first-order valence-corrected chi connectivity index (χ1v) is 4.17. The molecule has 0 aromatic carbocycles. The molecule has 0 aliphatic heterocycles. The highest BCUT2D eigenvalue weighted by Gasteiger charge is 2.05. The number of aliphatic hydroxyl groups is 1. The Labute approximate surface area is 73.8 Å². The van der Waals surface area contributed by atoms with Crippen LogP contribution in [0.2, 0.25) is 0 Å². The topological polar surface area (TPSA) is 20.2 Å². The second kappa shape index (κ2) is 3.60. The molecule has 0 aromatic rings. The van der Waals surface area contributed by atoms with Crippen LogP contribution in [-0.4, -0.2) is 10.7 Å². The lowest BCUT2D eigenvalue weighted by Crippen LogP contribution is -2.14. The minimum absolute atomic E-state index is 0.873. The molecule has 0 bridgehead atoms. The molecule has 0 atom stereocenters. The number of rotatable bonds is 0. The summed E-state index contributed by atoms with van der Waals surface area (Å²) >= 11 is 0. The van der Waals surface area contributed by atoms with Crippen molar-refractivity contribution in [3.05, 3.63) is 23.8 Å². The Balaban J connectivity index is 2.60. The van der Waals surface area contributed by atoms with E-state index in [9.17, 15) is 5.11 Å². The molecule has 0 saturated carbocycles. The second-order valence-corrected chi connectivity index (χ2v) is 3.45. The van der Waals surface area contributed by atoms with E-state index in [0.29, 0.717) is 0 Å². The van der Waals surface area contributed by atoms with Gasteiger partial charge in [-0.05, 0) is 26.7 Å². The van der Waals surface area contributed by atoms with Crippen LogP contribution in [0.4, 0.5) is 0 Å². The van der Waals surface area contributed by atoms with Gasteiger partial charge in [0.15, 0.2) is 0 Å². The Morgan fingerprint density at radius 2 is 2.17 bits per heavy atom. The molecular weight excluding hydrogens is 148 g/mol. The van der Waals surface area contributed by atoms with E-state index < -0.39 is 5.60 Å². The Morgan fingerprint density at radius 1 is 1.42 bits per heavy atom. The second-order valence-electron chi connectivity index (χ2n) is 3.45. The summed E-state index contributed by atoms with van der Waals surface area (Å²) in [5.41, 5.74) is 0.238. The molecule has 64 valence electrons. The van der Waals surface area contributed by atoms with Crippen LogP contribution in [-0.2, 0) is 0 Å². The Kier molecular flexibility index (Phi) is 2.73. The van der Waals surface area contributed by atoms with Crippen molar-refractivity contribution in [3.63, 3.8) is 0 Å². The van der Waals surface area contributed by atoms with Gasteiger partial charge in [0.05, 0.1) is 0 Å². The molecule has 1 aliphatic carbocycles. The Morgan fingerprint density at radius 3 is 2.67 bits per heavy atom. The van der Waals surface area contributed by atoms with Crippen molar-refractivity contribution < 1.29 is 5.11 Å². The predicted octanol–water partition coefficient (Wildman–Crippen LogP) is 2.04. The van der Waals surface area contributed by atoms with E-state index in [1.165, 1.54) is 0 Å². The van der Waals surface area contributed by atoms with E-state index >= 15 is 0 Å². The summed E-state index contributed by atoms with van der Waals surface area (Å²) < 4.78 is 0. The molecule has 12 heavy (non-hydrogen) atoms. The van der Waals surface area contributed by atoms with Crippen LogP contribution in [0.3, 0.4) is 0 Å². The molecule has 0 spiro atoms. The van der Waals surface area contributed by atoms with Gasteiger partial charge >= 0.3 is 0 Å². The molecule has 0 amide bonds. The summed E-state index contributed by atoms with van der Waals surface area (Å²) in [6.45, 7) is 3.39. The zero-order valence-corrected chi connectivity index (χ0v) is 7.59. The Bertz CT molecular complexity index is 266. The van der Waals surface area contributed by atoms with Crippen LogP contribution in [0.1, 0.15) is 26.7 Å². The number of hydrogen-bond acceptors (Lipinski definition) is 1. The maximum atomic E-state index is 9.33. The molecule has 1 heteroatoms. The van der Waals surface area contributed by atoms with Crippen molar-refractivity contribution in [2.45, 2.75) is 32.3 Å². The van der Waals surface area contributed by atoms with E-state index in [4.69, 9.17) is 0 Å². The van der Waals surface area contributed by atoms with E-state index in [0.717, 1.165) is 18.4 Å². The van der Waals surface area contributed by atoms with Gasteiger partial charge in [-0.15, -0.1) is 0 Å². The lowest BCUT2D eigenvalue weighted by molar-refractivity contribution is 0.143. The fourth-order valence-corrected chi connectivity index (χ4v) is 0.935. The average Bonchev–Trinajstić information content (AvgIpc) is 2.02. The van der Waals surface area contributed by atoms with Crippen LogP contribution in [0.15, 0.2) is 23.8 Å². The fraction of sp³-hybridized carbons (Fsp3) is 0.455. The third-order valence-corrected chi connectivity index (χ3v) is 1.53. The van der Waals surface area contributed by atoms with Crippen LogP contribution < -0.4 is 0 Å². The zero-order valence-electron chi connectivity index (χ0n) is 7.59. The lowest BCUT2D eigenvalue weighted by atomic mass is 10.0. The van der Waals surface area contributed by atoms with Crippen molar-refractivity contribution in [1.29, 1.82) is 0 Å². The summed E-state index contributed by atoms with van der Waals surface area (Å²) in [5, 5.41) is 9.33. The maximum absolute atomic E-state index is 9.33. The minimum atomic E-state index is -0.873. The predicted molar refractivity (Wildman–Crippen MR) is 50.5 cm³/mol. The minimum Gasteiger partial charge on any atom is -0.378 e. The number of allylic oxidation sites excluding steroid dienone is 4. The van der Waals surface area contributed by atoms with Crippen molar-refractivity contribution in [1.82, 2.24) is 0 Å². The summed E-state index contributed by atoms with van der Waals surface area (Å²) in [6.07, 6.45) is 8.20. The highest BCUT2D eigenvalue weighted by Crippen LogP contribution is 2.10. The zero-order chi connectivity index (χ0) is 9.03. The first-order valence-electron chi connectivity index (χ1n) is 4.17. The first-order chi connectivity index (χ1) is 5.58. The molecule has 0 radical (unpaired) electrons. The van der Waals surface area contributed by atoms with Crippen molar-refractivity contribution in [3.8, 4) is 11.8 Å². The fourth-order valence-electron chi connectivity index (χ4n) is 0.935. The molecule has 0 heterocycles. The summed E-state index contributed by atoms with van der Waals surface area (Å²) in [7, 11) is 0. The third-order valence-electron chi connectivity index (χ3n) is 1.53. The third kappa shape index (κ3) is 3.41. The molecule has 1 nitrogen and oxygen atoms in total. The normalized spacial score (nSPS) is 16.4. The molecular formula is C11H14O. The molecule has 0 aromatic heterocycles. The SMILES string of the molecule is CC(C)(O)C#CC1=CCC=CC1. The van der Waals surface area contributed by atoms with E-state index in [1.807, 2.05) is 0 Å². The van der Waals surface area contributed by atoms with Gasteiger partial charge in [-0.3, -0.25) is 0 Å². The summed E-state index contributed by atoms with van der Waals surface area (Å²) in [6, 6.07) is 0. The average molecular weight is 162 g/mol. The molecule has 1 aliphatic rings. The van der Waals surface area contributed by atoms with Crippen molar-refractivity contribution in [2.24, 2.45) is 0 Å². The van der Waals surface area contributed by atoms with Gasteiger partial charge in [-0.1, -0.05) is 30.1 Å². The van der Waals surface area contributed by atoms with E-state index in [-0.39, 0.29) is 0 Å². The standard InChI is InChI=1S/C11H14O/c1-11(2,12)9-8-10-6-4-3-5-7-10/h3-4,7,12H,5-6H2,1-2H3. The summed E-state index contributed by atoms with van der Waals surface area (Å²) in [4.78, 5) is 0. The Hall–Kier alpha value is -1.00. The molecule has 0 unspecified atom stereocenters. The van der Waals surface area contributed by atoms with Crippen molar-refractivity contribution in [2.75, 3.05) is 0 Å². The van der Waals surface area contributed by atoms with E-state index in [1.54, 1.807) is 13.8 Å². The van der Waals surface area contributed by atoms with Gasteiger partial charge < -0.3 is 5.11 Å². The van der Waals surface area contributed by atoms with Crippen LogP contribution in [0.25, 0.3) is 0 Å².